The minimum atomic E-state index is -0.625. The zero-order chi connectivity index (χ0) is 24.6. The minimum Gasteiger partial charge on any atom is -0.461 e. The van der Waals surface area contributed by atoms with E-state index in [0.29, 0.717) is 43.1 Å². The van der Waals surface area contributed by atoms with E-state index >= 15 is 0 Å². The van der Waals surface area contributed by atoms with Crippen LogP contribution in [0.1, 0.15) is 26.3 Å². The highest BCUT2D eigenvalue weighted by Crippen LogP contribution is 2.27. The van der Waals surface area contributed by atoms with Gasteiger partial charge in [0.05, 0.1) is 30.7 Å². The first-order valence-electron chi connectivity index (χ1n) is 11.4. The van der Waals surface area contributed by atoms with Gasteiger partial charge in [-0.05, 0) is 47.0 Å². The van der Waals surface area contributed by atoms with Gasteiger partial charge < -0.3 is 20.5 Å². The Morgan fingerprint density at radius 3 is 2.71 bits per heavy atom. The third-order valence-electron chi connectivity index (χ3n) is 5.77. The van der Waals surface area contributed by atoms with Gasteiger partial charge >= 0.3 is 5.97 Å². The van der Waals surface area contributed by atoms with Gasteiger partial charge in [-0.15, -0.1) is 0 Å². The summed E-state index contributed by atoms with van der Waals surface area (Å²) in [6.07, 6.45) is 2.43. The monoisotopic (exact) mass is 478 g/mol. The van der Waals surface area contributed by atoms with Gasteiger partial charge in [0, 0.05) is 37.9 Å². The lowest BCUT2D eigenvalue weighted by Gasteiger charge is -2.26. The van der Waals surface area contributed by atoms with Crippen LogP contribution >= 0.6 is 0 Å². The van der Waals surface area contributed by atoms with Crippen molar-refractivity contribution >= 4 is 17.6 Å². The van der Waals surface area contributed by atoms with Crippen molar-refractivity contribution in [3.63, 3.8) is 0 Å². The predicted molar refractivity (Wildman–Crippen MR) is 129 cm³/mol. The minimum absolute atomic E-state index is 0.0382. The van der Waals surface area contributed by atoms with Crippen molar-refractivity contribution in [1.29, 1.82) is 0 Å². The molecule has 0 saturated carbocycles. The van der Waals surface area contributed by atoms with E-state index in [0.717, 1.165) is 30.4 Å². The van der Waals surface area contributed by atoms with E-state index in [4.69, 9.17) is 15.2 Å². The first-order valence-corrected chi connectivity index (χ1v) is 11.4. The summed E-state index contributed by atoms with van der Waals surface area (Å²) in [4.78, 5) is 31.3. The number of carbonyl (C=O) groups excluding carboxylic acids is 2. The van der Waals surface area contributed by atoms with Crippen molar-refractivity contribution in [2.45, 2.75) is 6.54 Å². The van der Waals surface area contributed by atoms with Crippen LogP contribution in [0.3, 0.4) is 0 Å². The van der Waals surface area contributed by atoms with Crippen molar-refractivity contribution < 1.29 is 23.5 Å². The first kappa shape index (κ1) is 24.5. The second-order valence-corrected chi connectivity index (χ2v) is 8.06. The average molecular weight is 479 g/mol. The summed E-state index contributed by atoms with van der Waals surface area (Å²) in [5.74, 6) is -1.52. The van der Waals surface area contributed by atoms with Crippen LogP contribution in [-0.2, 0) is 16.0 Å². The van der Waals surface area contributed by atoms with E-state index in [-0.39, 0.29) is 12.2 Å². The highest BCUT2D eigenvalue weighted by atomic mass is 19.1. The van der Waals surface area contributed by atoms with E-state index < -0.39 is 17.7 Å². The summed E-state index contributed by atoms with van der Waals surface area (Å²) in [5.41, 5.74) is 8.93. The Hall–Kier alpha value is -3.66. The van der Waals surface area contributed by atoms with Crippen LogP contribution in [-0.4, -0.2) is 61.2 Å². The van der Waals surface area contributed by atoms with Crippen molar-refractivity contribution in [2.24, 2.45) is 5.73 Å². The molecule has 0 bridgehead atoms. The molecule has 0 radical (unpaired) electrons. The van der Waals surface area contributed by atoms with Crippen LogP contribution in [0.25, 0.3) is 11.1 Å². The third-order valence-corrected chi connectivity index (χ3v) is 5.77. The zero-order valence-corrected chi connectivity index (χ0v) is 19.2. The fraction of sp³-hybridized carbons (Fsp3) is 0.269. The molecular weight excluding hydrogens is 451 g/mol. The van der Waals surface area contributed by atoms with Crippen molar-refractivity contribution in [3.8, 4) is 11.1 Å². The zero-order valence-electron chi connectivity index (χ0n) is 19.2. The molecule has 8 nitrogen and oxygen atoms in total. The lowest BCUT2D eigenvalue weighted by Crippen LogP contribution is -2.38. The molecule has 35 heavy (non-hydrogen) atoms. The maximum Gasteiger partial charge on any atom is 0.338 e. The average Bonchev–Trinajstić information content (AvgIpc) is 2.90. The van der Waals surface area contributed by atoms with Crippen molar-refractivity contribution in [3.05, 3.63) is 83.4 Å². The van der Waals surface area contributed by atoms with Gasteiger partial charge in [-0.2, -0.15) is 0 Å². The van der Waals surface area contributed by atoms with Gasteiger partial charge in [0.2, 0.25) is 0 Å². The Bertz CT molecular complexity index is 1200. The Morgan fingerprint density at radius 2 is 1.94 bits per heavy atom. The number of amides is 1. The second kappa shape index (κ2) is 11.7. The molecule has 9 heteroatoms. The molecule has 0 atom stereocenters. The molecule has 1 aliphatic heterocycles. The van der Waals surface area contributed by atoms with Crippen molar-refractivity contribution in [1.82, 2.24) is 9.88 Å². The molecule has 1 saturated heterocycles. The van der Waals surface area contributed by atoms with Gasteiger partial charge in [0.15, 0.2) is 5.82 Å². The molecule has 3 N–H and O–H groups in total. The van der Waals surface area contributed by atoms with Gasteiger partial charge in [-0.1, -0.05) is 18.2 Å². The first-order chi connectivity index (χ1) is 17.0. The molecule has 1 amide bonds. The van der Waals surface area contributed by atoms with Crippen LogP contribution in [0, 0.1) is 5.82 Å². The quantitative estimate of drug-likeness (QED) is 0.479. The summed E-state index contributed by atoms with van der Waals surface area (Å²) < 4.78 is 24.7. The normalized spacial score (nSPS) is 13.9. The number of pyridine rings is 1. The number of carbonyl (C=O) groups is 2. The molecule has 2 aromatic carbocycles. The fourth-order valence-corrected chi connectivity index (χ4v) is 3.82. The Balaban J connectivity index is 1.49. The number of benzene rings is 2. The fourth-order valence-electron chi connectivity index (χ4n) is 3.82. The van der Waals surface area contributed by atoms with Crippen LogP contribution in [0.5, 0.6) is 0 Å². The van der Waals surface area contributed by atoms with Gasteiger partial charge in [-0.25, -0.2) is 9.18 Å². The lowest BCUT2D eigenvalue weighted by molar-refractivity contribution is 0.0195. The van der Waals surface area contributed by atoms with Crippen molar-refractivity contribution in [2.75, 3.05) is 44.8 Å². The molecule has 182 valence electrons. The second-order valence-electron chi connectivity index (χ2n) is 8.06. The number of ether oxygens (including phenoxy) is 2. The van der Waals surface area contributed by atoms with Crippen LogP contribution in [0.4, 0.5) is 10.1 Å². The Morgan fingerprint density at radius 1 is 1.11 bits per heavy atom. The SMILES string of the molecule is NCc1ccc(C(=O)Nc2ccncc2F)cc1-c1cccc(C(=O)OCCN2CCOCC2)c1. The molecular formula is C26H27FN4O4. The molecule has 1 aliphatic rings. The Labute approximate surface area is 202 Å². The van der Waals surface area contributed by atoms with E-state index in [2.05, 4.69) is 15.2 Å². The van der Waals surface area contributed by atoms with Crippen LogP contribution in [0.15, 0.2) is 60.9 Å². The Kier molecular flexibility index (Phi) is 8.15. The number of nitrogens with one attached hydrogen (secondary N) is 1. The number of nitrogens with two attached hydrogens (primary N) is 1. The third kappa shape index (κ3) is 6.27. The van der Waals surface area contributed by atoms with E-state index in [9.17, 15) is 14.0 Å². The van der Waals surface area contributed by atoms with Crippen LogP contribution < -0.4 is 11.1 Å². The van der Waals surface area contributed by atoms with Gasteiger partial charge in [-0.3, -0.25) is 14.7 Å². The number of aromatic nitrogens is 1. The number of morpholine rings is 1. The lowest BCUT2D eigenvalue weighted by atomic mass is 9.95. The van der Waals surface area contributed by atoms with Crippen LogP contribution in [0.2, 0.25) is 0 Å². The van der Waals surface area contributed by atoms with Gasteiger partial charge in [0.25, 0.3) is 5.91 Å². The standard InChI is InChI=1S/C26H27FN4O4/c27-23-17-29-7-6-24(23)30-25(32)19-4-5-21(16-28)22(15-19)18-2-1-3-20(14-18)26(33)35-13-10-31-8-11-34-12-9-31/h1-7,14-15,17H,8-13,16,28H2,(H,29,30,32). The number of halogens is 1. The molecule has 4 rings (SSSR count). The maximum absolute atomic E-state index is 13.9. The highest BCUT2D eigenvalue weighted by Gasteiger charge is 2.16. The van der Waals surface area contributed by atoms with Gasteiger partial charge in [0.1, 0.15) is 6.61 Å². The number of nitrogens with zero attached hydrogens (tertiary/aromatic N) is 2. The topological polar surface area (TPSA) is 107 Å². The largest absolute Gasteiger partial charge is 0.461 e. The molecule has 1 aromatic heterocycles. The summed E-state index contributed by atoms with van der Waals surface area (Å²) >= 11 is 0. The summed E-state index contributed by atoms with van der Waals surface area (Å²) in [6, 6.07) is 13.4. The highest BCUT2D eigenvalue weighted by molar-refractivity contribution is 6.05. The van der Waals surface area contributed by atoms with E-state index in [1.54, 1.807) is 36.4 Å². The number of hydrogen-bond donors (Lipinski definition) is 2. The number of anilines is 1. The molecule has 0 spiro atoms. The number of rotatable bonds is 8. The molecule has 0 aliphatic carbocycles. The predicted octanol–water partition coefficient (Wildman–Crippen LogP) is 3.09. The maximum atomic E-state index is 13.9. The smallest absolute Gasteiger partial charge is 0.338 e. The number of esters is 1. The van der Waals surface area contributed by atoms with E-state index in [1.165, 1.54) is 12.3 Å². The summed E-state index contributed by atoms with van der Waals surface area (Å²) in [5, 5.41) is 2.55. The molecule has 0 unspecified atom stereocenters. The summed E-state index contributed by atoms with van der Waals surface area (Å²) in [6.45, 7) is 4.21. The van der Waals surface area contributed by atoms with E-state index in [1.807, 2.05) is 6.07 Å². The molecule has 3 aromatic rings. The number of hydrogen-bond acceptors (Lipinski definition) is 7. The molecule has 1 fully saturated rings. The molecule has 2 heterocycles. The summed E-state index contributed by atoms with van der Waals surface area (Å²) in [7, 11) is 0.